The van der Waals surface area contributed by atoms with E-state index in [1.54, 1.807) is 97.1 Å². The third-order valence-corrected chi connectivity index (χ3v) is 8.42. The highest BCUT2D eigenvalue weighted by Gasteiger charge is 2.48. The normalized spacial score (nSPS) is 13.4. The molecule has 238 valence electrons. The maximum Gasteiger partial charge on any atom is 0.340 e. The van der Waals surface area contributed by atoms with E-state index in [1.807, 2.05) is 38.1 Å². The molecule has 48 heavy (non-hydrogen) atoms. The van der Waals surface area contributed by atoms with Crippen LogP contribution in [0.2, 0.25) is 10.0 Å². The van der Waals surface area contributed by atoms with Gasteiger partial charge in [-0.05, 0) is 103 Å². The number of benzene rings is 5. The van der Waals surface area contributed by atoms with E-state index in [2.05, 4.69) is 0 Å². The van der Waals surface area contributed by atoms with Gasteiger partial charge in [0.1, 0.15) is 11.5 Å². The van der Waals surface area contributed by atoms with Gasteiger partial charge >= 0.3 is 17.9 Å². The average molecular weight is 676 g/mol. The van der Waals surface area contributed by atoms with Crippen LogP contribution in [0.1, 0.15) is 49.3 Å². The smallest absolute Gasteiger partial charge is 0.340 e. The fourth-order valence-corrected chi connectivity index (χ4v) is 5.79. The number of aryl methyl sites for hydroxylation is 2. The number of carbonyl (C=O) groups excluding carboxylic acids is 3. The van der Waals surface area contributed by atoms with Crippen molar-refractivity contribution in [1.29, 1.82) is 0 Å². The first-order valence-electron chi connectivity index (χ1n) is 15.0. The van der Waals surface area contributed by atoms with Gasteiger partial charge in [-0.1, -0.05) is 77.8 Å². The summed E-state index contributed by atoms with van der Waals surface area (Å²) in [5, 5.41) is 1.21. The summed E-state index contributed by atoms with van der Waals surface area (Å²) in [5.74, 6) is -0.829. The zero-order valence-electron chi connectivity index (χ0n) is 25.9. The molecule has 5 aromatic carbocycles. The average Bonchev–Trinajstić information content (AvgIpc) is 3.39. The van der Waals surface area contributed by atoms with Crippen molar-refractivity contribution < 1.29 is 28.6 Å². The fraction of sp³-hybridized carbons (Fsp3) is 0.0750. The second kappa shape index (κ2) is 13.7. The molecule has 0 spiro atoms. The van der Waals surface area contributed by atoms with Crippen molar-refractivity contribution >= 4 is 53.3 Å². The van der Waals surface area contributed by atoms with Gasteiger partial charge in [0.2, 0.25) is 0 Å². The Balaban J connectivity index is 1.29. The summed E-state index contributed by atoms with van der Waals surface area (Å²) < 4.78 is 17.5. The largest absolute Gasteiger partial charge is 0.441 e. The molecule has 0 amide bonds. The van der Waals surface area contributed by atoms with Crippen molar-refractivity contribution in [3.63, 3.8) is 0 Å². The molecule has 5 aromatic rings. The zero-order chi connectivity index (χ0) is 33.8. The van der Waals surface area contributed by atoms with E-state index in [0.29, 0.717) is 54.9 Å². The Hall–Kier alpha value is -5.43. The van der Waals surface area contributed by atoms with Gasteiger partial charge in [-0.15, -0.1) is 0 Å². The first-order chi connectivity index (χ1) is 23.1. The molecule has 0 aliphatic carbocycles. The minimum atomic E-state index is -1.31. The minimum Gasteiger partial charge on any atom is -0.441 e. The lowest BCUT2D eigenvalue weighted by atomic mass is 9.79. The second-order valence-electron chi connectivity index (χ2n) is 11.2. The molecule has 1 heterocycles. The summed E-state index contributed by atoms with van der Waals surface area (Å²) in [6, 6.07) is 32.0. The van der Waals surface area contributed by atoms with Gasteiger partial charge < -0.3 is 14.2 Å². The van der Waals surface area contributed by atoms with Crippen LogP contribution in [0.5, 0.6) is 11.5 Å². The van der Waals surface area contributed by atoms with Gasteiger partial charge in [0.15, 0.2) is 5.60 Å². The molecule has 0 aromatic heterocycles. The van der Waals surface area contributed by atoms with Gasteiger partial charge in [0.05, 0.1) is 5.56 Å². The van der Waals surface area contributed by atoms with Crippen LogP contribution in [-0.2, 0) is 19.9 Å². The highest BCUT2D eigenvalue weighted by Crippen LogP contribution is 2.48. The maximum absolute atomic E-state index is 13.2. The summed E-state index contributed by atoms with van der Waals surface area (Å²) >= 11 is 11.9. The molecule has 0 saturated heterocycles. The number of halogens is 2. The molecule has 0 saturated carbocycles. The summed E-state index contributed by atoms with van der Waals surface area (Å²) in [7, 11) is 0. The molecule has 0 unspecified atom stereocenters. The number of fused-ring (bicyclic) bond motifs is 1. The summed E-state index contributed by atoms with van der Waals surface area (Å²) in [6.45, 7) is 3.63. The zero-order valence-corrected chi connectivity index (χ0v) is 27.4. The minimum absolute atomic E-state index is 0.363. The molecule has 0 radical (unpaired) electrons. The molecular weight excluding hydrogens is 647 g/mol. The summed E-state index contributed by atoms with van der Waals surface area (Å²) in [5.41, 5.74) is 4.05. The van der Waals surface area contributed by atoms with Gasteiger partial charge in [0, 0.05) is 38.9 Å². The van der Waals surface area contributed by atoms with Crippen molar-refractivity contribution in [2.24, 2.45) is 0 Å². The number of cyclic esters (lactones) is 1. The van der Waals surface area contributed by atoms with E-state index >= 15 is 0 Å². The van der Waals surface area contributed by atoms with Crippen LogP contribution < -0.4 is 9.47 Å². The Morgan fingerprint density at radius 2 is 1.10 bits per heavy atom. The Morgan fingerprint density at radius 1 is 0.646 bits per heavy atom. The van der Waals surface area contributed by atoms with Crippen LogP contribution in [0.15, 0.2) is 121 Å². The van der Waals surface area contributed by atoms with Crippen LogP contribution in [0, 0.1) is 13.8 Å². The maximum atomic E-state index is 13.2. The summed E-state index contributed by atoms with van der Waals surface area (Å²) in [4.78, 5) is 38.6. The van der Waals surface area contributed by atoms with E-state index < -0.39 is 23.5 Å². The topological polar surface area (TPSA) is 78.9 Å². The van der Waals surface area contributed by atoms with Crippen LogP contribution in [0.25, 0.3) is 12.2 Å². The standard InChI is InChI=1S/C40H28Cl2O6/c1-25-23-29(13-19-35(25)46-37(43)21-11-27-7-15-31(41)16-8-27)40(34-6-4-3-5-33(34)39(45)48-40)30-14-20-36(26(2)24-30)47-38(44)22-12-28-9-17-32(42)18-10-28/h3-24H,1-2H3/b21-11-,22-12-. The van der Waals surface area contributed by atoms with Gasteiger partial charge in [-0.25, -0.2) is 14.4 Å². The van der Waals surface area contributed by atoms with E-state index in [0.717, 1.165) is 11.1 Å². The molecular formula is C40H28Cl2O6. The monoisotopic (exact) mass is 674 g/mol. The first kappa shape index (κ1) is 32.5. The lowest BCUT2D eigenvalue weighted by molar-refractivity contribution is -0.129. The van der Waals surface area contributed by atoms with Crippen molar-refractivity contribution in [1.82, 2.24) is 0 Å². The van der Waals surface area contributed by atoms with Crippen molar-refractivity contribution in [2.45, 2.75) is 19.4 Å². The molecule has 1 aliphatic rings. The quantitative estimate of drug-likeness (QED) is 0.0927. The third-order valence-electron chi connectivity index (χ3n) is 7.92. The molecule has 0 bridgehead atoms. The lowest BCUT2D eigenvalue weighted by Crippen LogP contribution is -2.30. The third kappa shape index (κ3) is 6.81. The van der Waals surface area contributed by atoms with E-state index in [9.17, 15) is 14.4 Å². The molecule has 6 rings (SSSR count). The van der Waals surface area contributed by atoms with Gasteiger partial charge in [-0.3, -0.25) is 0 Å². The number of carbonyl (C=O) groups is 3. The predicted octanol–water partition coefficient (Wildman–Crippen LogP) is 9.31. The van der Waals surface area contributed by atoms with Gasteiger partial charge in [-0.2, -0.15) is 0 Å². The van der Waals surface area contributed by atoms with Crippen LogP contribution in [0.4, 0.5) is 0 Å². The van der Waals surface area contributed by atoms with Crippen molar-refractivity contribution in [2.75, 3.05) is 0 Å². The van der Waals surface area contributed by atoms with Crippen LogP contribution >= 0.6 is 23.2 Å². The van der Waals surface area contributed by atoms with E-state index in [1.165, 1.54) is 12.2 Å². The molecule has 0 N–H and O–H groups in total. The molecule has 1 aliphatic heterocycles. The highest BCUT2D eigenvalue weighted by atomic mass is 35.5. The molecule has 0 atom stereocenters. The Morgan fingerprint density at radius 3 is 1.56 bits per heavy atom. The number of hydrogen-bond donors (Lipinski definition) is 0. The highest BCUT2D eigenvalue weighted by molar-refractivity contribution is 6.30. The predicted molar refractivity (Wildman–Crippen MR) is 186 cm³/mol. The Labute approximate surface area is 287 Å². The number of ether oxygens (including phenoxy) is 3. The molecule has 0 fully saturated rings. The Kier molecular flexibility index (Phi) is 9.30. The van der Waals surface area contributed by atoms with Crippen molar-refractivity contribution in [3.8, 4) is 11.5 Å². The van der Waals surface area contributed by atoms with E-state index in [4.69, 9.17) is 37.4 Å². The number of esters is 3. The SMILES string of the molecule is Cc1cc(C2(c3ccc(OC(=O)/C=C\c4ccc(Cl)cc4)c(C)c3)OC(=O)c3ccccc32)ccc1OC(=O)/C=C\c1ccc(Cl)cc1. The fourth-order valence-electron chi connectivity index (χ4n) is 5.54. The second-order valence-corrected chi connectivity index (χ2v) is 12.1. The van der Waals surface area contributed by atoms with Gasteiger partial charge in [0.25, 0.3) is 0 Å². The van der Waals surface area contributed by atoms with Crippen LogP contribution in [-0.4, -0.2) is 17.9 Å². The summed E-state index contributed by atoms with van der Waals surface area (Å²) in [6.07, 6.45) is 5.98. The Bertz CT molecular complexity index is 1980. The first-order valence-corrected chi connectivity index (χ1v) is 15.7. The number of rotatable bonds is 8. The lowest BCUT2D eigenvalue weighted by Gasteiger charge is -2.31. The van der Waals surface area contributed by atoms with E-state index in [-0.39, 0.29) is 0 Å². The van der Waals surface area contributed by atoms with Crippen LogP contribution in [0.3, 0.4) is 0 Å². The number of hydrogen-bond acceptors (Lipinski definition) is 6. The molecule has 8 heteroatoms. The van der Waals surface area contributed by atoms with Crippen molar-refractivity contribution in [3.05, 3.63) is 176 Å². The molecule has 6 nitrogen and oxygen atoms in total.